The second-order valence-electron chi connectivity index (χ2n) is 4.16. The van der Waals surface area contributed by atoms with Gasteiger partial charge < -0.3 is 10.5 Å². The van der Waals surface area contributed by atoms with Crippen molar-refractivity contribution < 1.29 is 4.74 Å². The van der Waals surface area contributed by atoms with Crippen LogP contribution in [0.15, 0.2) is 23.5 Å². The summed E-state index contributed by atoms with van der Waals surface area (Å²) in [5.74, 6) is 1.01. The molecule has 14 heavy (non-hydrogen) atoms. The van der Waals surface area contributed by atoms with Gasteiger partial charge >= 0.3 is 0 Å². The zero-order valence-electron chi connectivity index (χ0n) is 8.67. The minimum atomic E-state index is 0.0989. The van der Waals surface area contributed by atoms with E-state index >= 15 is 0 Å². The van der Waals surface area contributed by atoms with E-state index in [1.54, 1.807) is 0 Å². The number of hydrogen-bond donors (Lipinski definition) is 1. The first-order valence-electron chi connectivity index (χ1n) is 5.62. The Morgan fingerprint density at radius 1 is 1.29 bits per heavy atom. The van der Waals surface area contributed by atoms with Crippen molar-refractivity contribution in [1.29, 1.82) is 0 Å². The summed E-state index contributed by atoms with van der Waals surface area (Å²) >= 11 is 0. The third-order valence-corrected chi connectivity index (χ3v) is 2.96. The summed E-state index contributed by atoms with van der Waals surface area (Å²) in [5, 5.41) is 0. The largest absolute Gasteiger partial charge is 0.496 e. The van der Waals surface area contributed by atoms with E-state index in [2.05, 4.69) is 12.2 Å². The van der Waals surface area contributed by atoms with Crippen LogP contribution in [-0.2, 0) is 4.74 Å². The van der Waals surface area contributed by atoms with E-state index in [9.17, 15) is 0 Å². The lowest BCUT2D eigenvalue weighted by atomic mass is 9.94. The summed E-state index contributed by atoms with van der Waals surface area (Å²) in [7, 11) is 0. The van der Waals surface area contributed by atoms with Crippen LogP contribution < -0.4 is 5.73 Å². The molecule has 0 radical (unpaired) electrons. The number of hydrogen-bond acceptors (Lipinski definition) is 2. The molecule has 0 spiro atoms. The molecule has 0 bridgehead atoms. The smallest absolute Gasteiger partial charge is 0.109 e. The Morgan fingerprint density at radius 2 is 2.21 bits per heavy atom. The minimum absolute atomic E-state index is 0.0989. The van der Waals surface area contributed by atoms with Crippen LogP contribution in [0.2, 0.25) is 0 Å². The maximum Gasteiger partial charge on any atom is 0.109 e. The molecule has 1 aliphatic heterocycles. The predicted molar refractivity (Wildman–Crippen MR) is 57.8 cm³/mol. The van der Waals surface area contributed by atoms with E-state index in [0.717, 1.165) is 25.2 Å². The number of allylic oxidation sites excluding steroid dienone is 1. The molecule has 2 aliphatic rings. The summed E-state index contributed by atoms with van der Waals surface area (Å²) in [6.07, 6.45) is 11.7. The molecule has 0 amide bonds. The Bertz CT molecular complexity index is 255. The van der Waals surface area contributed by atoms with Crippen molar-refractivity contribution in [1.82, 2.24) is 0 Å². The van der Waals surface area contributed by atoms with Crippen molar-refractivity contribution in [3.8, 4) is 0 Å². The number of nitrogens with two attached hydrogens (primary N) is 1. The van der Waals surface area contributed by atoms with Crippen LogP contribution in [0.1, 0.15) is 38.5 Å². The Kier molecular flexibility index (Phi) is 3.25. The van der Waals surface area contributed by atoms with Gasteiger partial charge in [-0.3, -0.25) is 0 Å². The highest BCUT2D eigenvalue weighted by molar-refractivity contribution is 5.14. The lowest BCUT2D eigenvalue weighted by Crippen LogP contribution is -2.24. The van der Waals surface area contributed by atoms with Crippen LogP contribution in [-0.4, -0.2) is 12.6 Å². The van der Waals surface area contributed by atoms with Gasteiger partial charge in [0.25, 0.3) is 0 Å². The van der Waals surface area contributed by atoms with Crippen molar-refractivity contribution in [2.75, 3.05) is 6.61 Å². The van der Waals surface area contributed by atoms with Crippen LogP contribution in [0.3, 0.4) is 0 Å². The number of ether oxygens (including phenoxy) is 1. The van der Waals surface area contributed by atoms with Crippen LogP contribution in [0.4, 0.5) is 0 Å². The predicted octanol–water partition coefficient (Wildman–Crippen LogP) is 2.51. The topological polar surface area (TPSA) is 35.2 Å². The lowest BCUT2D eigenvalue weighted by molar-refractivity contribution is 0.224. The second-order valence-corrected chi connectivity index (χ2v) is 4.16. The monoisotopic (exact) mass is 193 g/mol. The van der Waals surface area contributed by atoms with Crippen molar-refractivity contribution in [3.63, 3.8) is 0 Å². The highest BCUT2D eigenvalue weighted by Gasteiger charge is 2.16. The van der Waals surface area contributed by atoms with Crippen LogP contribution >= 0.6 is 0 Å². The molecule has 2 heteroatoms. The highest BCUT2D eigenvalue weighted by atomic mass is 16.5. The fourth-order valence-electron chi connectivity index (χ4n) is 2.17. The summed E-state index contributed by atoms with van der Waals surface area (Å²) in [5.41, 5.74) is 7.60. The van der Waals surface area contributed by atoms with Crippen LogP contribution in [0.25, 0.3) is 0 Å². The quantitative estimate of drug-likeness (QED) is 0.699. The van der Waals surface area contributed by atoms with Gasteiger partial charge in [0.15, 0.2) is 0 Å². The molecule has 0 fully saturated rings. The molecular formula is C12H19NO. The summed E-state index contributed by atoms with van der Waals surface area (Å²) < 4.78 is 5.47. The van der Waals surface area contributed by atoms with E-state index in [4.69, 9.17) is 10.5 Å². The Hall–Kier alpha value is -0.760. The van der Waals surface area contributed by atoms with Crippen molar-refractivity contribution in [2.24, 2.45) is 5.73 Å². The van der Waals surface area contributed by atoms with Gasteiger partial charge in [-0.25, -0.2) is 0 Å². The zero-order valence-corrected chi connectivity index (χ0v) is 8.67. The average molecular weight is 193 g/mol. The first-order chi connectivity index (χ1) is 6.86. The SMILES string of the molecule is NC(CC1=CCCCC1)C1=CCCO1. The lowest BCUT2D eigenvalue weighted by Gasteiger charge is -2.18. The van der Waals surface area contributed by atoms with Gasteiger partial charge in [0.2, 0.25) is 0 Å². The standard InChI is InChI=1S/C12H19NO/c13-11(12-7-4-8-14-12)9-10-5-2-1-3-6-10/h5,7,11H,1-4,6,8-9,13H2. The maximum absolute atomic E-state index is 6.08. The van der Waals surface area contributed by atoms with Gasteiger partial charge in [-0.05, 0) is 38.2 Å². The third-order valence-electron chi connectivity index (χ3n) is 2.96. The Balaban J connectivity index is 1.86. The molecule has 0 saturated heterocycles. The average Bonchev–Trinajstić information content (AvgIpc) is 2.72. The van der Waals surface area contributed by atoms with E-state index in [1.807, 2.05) is 0 Å². The van der Waals surface area contributed by atoms with E-state index in [-0.39, 0.29) is 6.04 Å². The van der Waals surface area contributed by atoms with Gasteiger partial charge in [0.1, 0.15) is 5.76 Å². The third kappa shape index (κ3) is 2.38. The molecule has 2 rings (SSSR count). The Morgan fingerprint density at radius 3 is 2.86 bits per heavy atom. The zero-order chi connectivity index (χ0) is 9.80. The molecule has 0 aromatic carbocycles. The van der Waals surface area contributed by atoms with Gasteiger partial charge in [-0.15, -0.1) is 0 Å². The van der Waals surface area contributed by atoms with E-state index in [0.29, 0.717) is 0 Å². The molecule has 1 aliphatic carbocycles. The van der Waals surface area contributed by atoms with Gasteiger partial charge in [-0.2, -0.15) is 0 Å². The fourth-order valence-corrected chi connectivity index (χ4v) is 2.17. The van der Waals surface area contributed by atoms with Gasteiger partial charge in [-0.1, -0.05) is 11.6 Å². The van der Waals surface area contributed by atoms with Gasteiger partial charge in [0.05, 0.1) is 12.6 Å². The molecule has 2 nitrogen and oxygen atoms in total. The maximum atomic E-state index is 6.08. The molecule has 1 heterocycles. The van der Waals surface area contributed by atoms with Gasteiger partial charge in [0, 0.05) is 6.42 Å². The second kappa shape index (κ2) is 4.65. The summed E-state index contributed by atoms with van der Waals surface area (Å²) in [6.45, 7) is 0.822. The van der Waals surface area contributed by atoms with Crippen molar-refractivity contribution in [3.05, 3.63) is 23.5 Å². The molecule has 1 atom stereocenters. The number of rotatable bonds is 3. The first kappa shape index (κ1) is 9.78. The van der Waals surface area contributed by atoms with Crippen molar-refractivity contribution in [2.45, 2.75) is 44.6 Å². The highest BCUT2D eigenvalue weighted by Crippen LogP contribution is 2.24. The van der Waals surface area contributed by atoms with Crippen molar-refractivity contribution >= 4 is 0 Å². The molecule has 0 aromatic rings. The van der Waals surface area contributed by atoms with Crippen LogP contribution in [0.5, 0.6) is 0 Å². The molecule has 1 unspecified atom stereocenters. The Labute approximate surface area is 85.8 Å². The summed E-state index contributed by atoms with van der Waals surface area (Å²) in [6, 6.07) is 0.0989. The summed E-state index contributed by atoms with van der Waals surface area (Å²) in [4.78, 5) is 0. The first-order valence-corrected chi connectivity index (χ1v) is 5.62. The normalized spacial score (nSPS) is 23.8. The molecule has 0 saturated carbocycles. The van der Waals surface area contributed by atoms with Crippen LogP contribution in [0, 0.1) is 0 Å². The van der Waals surface area contributed by atoms with E-state index in [1.165, 1.54) is 31.3 Å². The molecule has 2 N–H and O–H groups in total. The minimum Gasteiger partial charge on any atom is -0.496 e. The van der Waals surface area contributed by atoms with E-state index < -0.39 is 0 Å². The molecular weight excluding hydrogens is 174 g/mol. The molecule has 0 aromatic heterocycles. The molecule has 78 valence electrons. The fraction of sp³-hybridized carbons (Fsp3) is 0.667.